The summed E-state index contributed by atoms with van der Waals surface area (Å²) in [6.45, 7) is 13.5. The first-order valence-corrected chi connectivity index (χ1v) is 13.7. The molecule has 3 fully saturated rings. The SMILES string of the molecule is BC1C=C2[C@@](C)(CC[C@@]3(CC)[C@@H]4C[C@](C)(C(=O)O)CC[C@]4(C)CC[C@]23C)c2cc(O)c(O)c(C)c21. The number of phenols is 2. The Labute approximate surface area is 211 Å². The second kappa shape index (κ2) is 7.32. The first-order chi connectivity index (χ1) is 16.2. The van der Waals surface area contributed by atoms with Crippen LogP contribution in [0.15, 0.2) is 17.7 Å². The van der Waals surface area contributed by atoms with Crippen LogP contribution in [0.3, 0.4) is 0 Å². The maximum atomic E-state index is 12.4. The molecule has 0 heterocycles. The second-order valence-electron chi connectivity index (χ2n) is 13.7. The predicted molar refractivity (Wildman–Crippen MR) is 142 cm³/mol. The summed E-state index contributed by atoms with van der Waals surface area (Å²) in [5.41, 5.74) is 4.02. The molecule has 5 heteroatoms. The van der Waals surface area contributed by atoms with Crippen molar-refractivity contribution in [1.82, 2.24) is 0 Å². The normalized spacial score (nSPS) is 44.3. The van der Waals surface area contributed by atoms with E-state index in [1.807, 2.05) is 19.9 Å². The summed E-state index contributed by atoms with van der Waals surface area (Å²) >= 11 is 0. The van der Waals surface area contributed by atoms with E-state index >= 15 is 0 Å². The number of hydrogen-bond donors (Lipinski definition) is 3. The minimum Gasteiger partial charge on any atom is -0.504 e. The minimum absolute atomic E-state index is 0.00423. The average Bonchev–Trinajstić information content (AvgIpc) is 2.80. The molecule has 3 saturated carbocycles. The minimum atomic E-state index is -0.646. The summed E-state index contributed by atoms with van der Waals surface area (Å²) in [5.74, 6) is -0.110. The van der Waals surface area contributed by atoms with Gasteiger partial charge in [0.25, 0.3) is 0 Å². The van der Waals surface area contributed by atoms with Crippen LogP contribution in [-0.2, 0) is 10.2 Å². The highest BCUT2D eigenvalue weighted by atomic mass is 16.4. The molecule has 4 aliphatic rings. The monoisotopic (exact) mass is 478 g/mol. The number of rotatable bonds is 2. The van der Waals surface area contributed by atoms with Gasteiger partial charge in [0.2, 0.25) is 0 Å². The number of carboxylic acids is 1. The lowest BCUT2D eigenvalue weighted by Gasteiger charge is -2.71. The van der Waals surface area contributed by atoms with Gasteiger partial charge in [0.05, 0.1) is 5.41 Å². The van der Waals surface area contributed by atoms with Gasteiger partial charge in [-0.3, -0.25) is 4.79 Å². The quantitative estimate of drug-likeness (QED) is 0.270. The van der Waals surface area contributed by atoms with Crippen molar-refractivity contribution in [3.63, 3.8) is 0 Å². The third-order valence-corrected chi connectivity index (χ3v) is 12.2. The fraction of sp³-hybridized carbons (Fsp3) is 0.700. The maximum Gasteiger partial charge on any atom is 0.309 e. The van der Waals surface area contributed by atoms with Gasteiger partial charge >= 0.3 is 5.97 Å². The first-order valence-electron chi connectivity index (χ1n) is 13.7. The van der Waals surface area contributed by atoms with Gasteiger partial charge in [-0.15, -0.1) is 0 Å². The van der Waals surface area contributed by atoms with Crippen LogP contribution in [0.25, 0.3) is 0 Å². The number of carbonyl (C=O) groups is 1. The molecule has 0 bridgehead atoms. The molecule has 5 rings (SSSR count). The van der Waals surface area contributed by atoms with Gasteiger partial charge in [0.1, 0.15) is 7.85 Å². The van der Waals surface area contributed by atoms with Crippen molar-refractivity contribution in [2.75, 3.05) is 0 Å². The molecule has 0 radical (unpaired) electrons. The molecule has 4 aliphatic carbocycles. The van der Waals surface area contributed by atoms with Crippen LogP contribution in [0, 0.1) is 34.5 Å². The summed E-state index contributed by atoms with van der Waals surface area (Å²) in [4.78, 5) is 12.4. The Hall–Kier alpha value is -1.91. The van der Waals surface area contributed by atoms with E-state index in [0.717, 1.165) is 62.5 Å². The van der Waals surface area contributed by atoms with Crippen LogP contribution >= 0.6 is 0 Å². The van der Waals surface area contributed by atoms with Crippen LogP contribution in [-0.4, -0.2) is 29.1 Å². The lowest BCUT2D eigenvalue weighted by molar-refractivity contribution is -0.183. The molecule has 0 spiro atoms. The summed E-state index contributed by atoms with van der Waals surface area (Å²) in [5, 5.41) is 31.3. The van der Waals surface area contributed by atoms with E-state index in [9.17, 15) is 20.1 Å². The van der Waals surface area contributed by atoms with Crippen LogP contribution in [0.2, 0.25) is 0 Å². The van der Waals surface area contributed by atoms with Crippen molar-refractivity contribution in [2.45, 2.75) is 104 Å². The predicted octanol–water partition coefficient (Wildman–Crippen LogP) is 6.17. The molecular formula is C30H43BO4. The topological polar surface area (TPSA) is 77.8 Å². The molecule has 35 heavy (non-hydrogen) atoms. The molecule has 7 atom stereocenters. The van der Waals surface area contributed by atoms with E-state index in [1.165, 1.54) is 11.1 Å². The van der Waals surface area contributed by atoms with Crippen LogP contribution in [0.1, 0.15) is 108 Å². The zero-order valence-corrected chi connectivity index (χ0v) is 22.7. The Morgan fingerprint density at radius 1 is 1.06 bits per heavy atom. The van der Waals surface area contributed by atoms with E-state index in [0.29, 0.717) is 5.92 Å². The van der Waals surface area contributed by atoms with Crippen molar-refractivity contribution in [2.24, 2.45) is 27.6 Å². The van der Waals surface area contributed by atoms with Crippen molar-refractivity contribution in [3.8, 4) is 11.5 Å². The van der Waals surface area contributed by atoms with Crippen LogP contribution < -0.4 is 0 Å². The van der Waals surface area contributed by atoms with Gasteiger partial charge in [0.15, 0.2) is 11.5 Å². The summed E-state index contributed by atoms with van der Waals surface area (Å²) in [6.07, 6.45) is 10.4. The number of aromatic hydroxyl groups is 2. The van der Waals surface area contributed by atoms with Gasteiger partial charge < -0.3 is 15.3 Å². The van der Waals surface area contributed by atoms with E-state index in [-0.39, 0.29) is 39.0 Å². The summed E-state index contributed by atoms with van der Waals surface area (Å²) < 4.78 is 0. The van der Waals surface area contributed by atoms with Crippen LogP contribution in [0.5, 0.6) is 11.5 Å². The zero-order chi connectivity index (χ0) is 25.8. The second-order valence-corrected chi connectivity index (χ2v) is 13.7. The van der Waals surface area contributed by atoms with Crippen molar-refractivity contribution < 1.29 is 20.1 Å². The molecule has 3 N–H and O–H groups in total. The molecule has 0 saturated heterocycles. The third-order valence-electron chi connectivity index (χ3n) is 12.2. The average molecular weight is 478 g/mol. The first kappa shape index (κ1) is 24.8. The lowest BCUT2D eigenvalue weighted by atomic mass is 9.33. The molecule has 1 aromatic rings. The van der Waals surface area contributed by atoms with Crippen molar-refractivity contribution in [1.29, 1.82) is 0 Å². The molecule has 190 valence electrons. The Morgan fingerprint density at radius 2 is 1.71 bits per heavy atom. The Balaban J connectivity index is 1.69. The van der Waals surface area contributed by atoms with E-state index in [1.54, 1.807) is 0 Å². The molecule has 1 unspecified atom stereocenters. The maximum absolute atomic E-state index is 12.4. The molecular weight excluding hydrogens is 435 g/mol. The number of carboxylic acid groups (broad SMARTS) is 1. The van der Waals surface area contributed by atoms with Gasteiger partial charge in [-0.2, -0.15) is 0 Å². The highest BCUT2D eigenvalue weighted by molar-refractivity contribution is 6.14. The van der Waals surface area contributed by atoms with Gasteiger partial charge in [-0.25, -0.2) is 0 Å². The fourth-order valence-corrected chi connectivity index (χ4v) is 9.77. The molecule has 1 aromatic carbocycles. The summed E-state index contributed by atoms with van der Waals surface area (Å²) in [7, 11) is 2.22. The molecule has 0 aromatic heterocycles. The highest BCUT2D eigenvalue weighted by Gasteiger charge is 2.68. The number of benzene rings is 1. The Kier molecular flexibility index (Phi) is 5.18. The number of phenolic OH excluding ortho intramolecular Hbond substituents is 2. The Morgan fingerprint density at radius 3 is 2.34 bits per heavy atom. The third kappa shape index (κ3) is 2.90. The number of fused-ring (bicyclic) bond motifs is 7. The smallest absolute Gasteiger partial charge is 0.309 e. The number of allylic oxidation sites excluding steroid dienone is 2. The molecule has 0 aliphatic heterocycles. The largest absolute Gasteiger partial charge is 0.504 e. The van der Waals surface area contributed by atoms with Gasteiger partial charge in [-0.1, -0.05) is 39.3 Å². The van der Waals surface area contributed by atoms with E-state index in [4.69, 9.17) is 0 Å². The standard InChI is InChI=1S/C30H43BO4/c1-7-30-13-11-28(5)18-14-20(32)24(33)17(2)23(18)19(31)15-21(28)29(30,6)12-10-26(3)8-9-27(4,25(34)35)16-22(26)30/h14-15,19,22,32-33H,7-13,16,31H2,1-6H3,(H,34,35)/t19?,22-,26-,27-,28+,29-,30+/m1/s1. The van der Waals surface area contributed by atoms with Crippen molar-refractivity contribution >= 4 is 13.8 Å². The lowest BCUT2D eigenvalue weighted by Crippen LogP contribution is -2.63. The van der Waals surface area contributed by atoms with Gasteiger partial charge in [0, 0.05) is 5.41 Å². The fourth-order valence-electron chi connectivity index (χ4n) is 9.77. The summed E-state index contributed by atoms with van der Waals surface area (Å²) in [6, 6.07) is 1.83. The highest BCUT2D eigenvalue weighted by Crippen LogP contribution is 2.76. The van der Waals surface area contributed by atoms with Crippen molar-refractivity contribution in [3.05, 3.63) is 34.4 Å². The van der Waals surface area contributed by atoms with E-state index < -0.39 is 11.4 Å². The number of hydrogen-bond acceptors (Lipinski definition) is 3. The van der Waals surface area contributed by atoms with Gasteiger partial charge in [-0.05, 0) is 116 Å². The van der Waals surface area contributed by atoms with Crippen LogP contribution in [0.4, 0.5) is 0 Å². The molecule has 0 amide bonds. The molecule has 4 nitrogen and oxygen atoms in total. The number of aliphatic carboxylic acids is 1. The zero-order valence-electron chi connectivity index (χ0n) is 22.7. The van der Waals surface area contributed by atoms with E-state index in [2.05, 4.69) is 41.6 Å². The Bertz CT molecular complexity index is 1140.